The van der Waals surface area contributed by atoms with E-state index in [1.54, 1.807) is 24.3 Å². The summed E-state index contributed by atoms with van der Waals surface area (Å²) in [6.07, 6.45) is 0. The maximum atomic E-state index is 12.6. The van der Waals surface area contributed by atoms with E-state index in [1.165, 1.54) is 7.11 Å². The van der Waals surface area contributed by atoms with E-state index in [4.69, 9.17) is 28.6 Å². The van der Waals surface area contributed by atoms with Crippen molar-refractivity contribution in [1.82, 2.24) is 10.2 Å². The Kier molecular flexibility index (Phi) is 8.09. The highest BCUT2D eigenvalue weighted by Crippen LogP contribution is 2.29. The molecule has 1 amide bonds. The fourth-order valence-corrected chi connectivity index (χ4v) is 4.10. The summed E-state index contributed by atoms with van der Waals surface area (Å²) in [6.45, 7) is 3.51. The third-order valence-electron chi connectivity index (χ3n) is 4.91. The lowest BCUT2D eigenvalue weighted by atomic mass is 10.1. The maximum absolute atomic E-state index is 12.6. The second kappa shape index (κ2) is 10.6. The molecule has 1 saturated heterocycles. The summed E-state index contributed by atoms with van der Waals surface area (Å²) in [5, 5.41) is 6.18. The van der Waals surface area contributed by atoms with Crippen molar-refractivity contribution < 1.29 is 14.3 Å². The Bertz CT molecular complexity index is 1010. The van der Waals surface area contributed by atoms with Crippen LogP contribution >= 0.6 is 46.4 Å². The number of likely N-dealkylation sites (N-methyl/N-ethyl adjacent to an activating group) is 1. The van der Waals surface area contributed by atoms with Gasteiger partial charge in [0.2, 0.25) is 0 Å². The molecule has 31 heavy (non-hydrogen) atoms. The molecule has 0 bridgehead atoms. The lowest BCUT2D eigenvalue weighted by Crippen LogP contribution is -2.45. The number of nitrogens with zero attached hydrogens (tertiary/aromatic N) is 2. The zero-order valence-corrected chi connectivity index (χ0v) is 20.8. The maximum Gasteiger partial charge on any atom is 0.337 e. The Morgan fingerprint density at radius 1 is 1.13 bits per heavy atom. The van der Waals surface area contributed by atoms with Gasteiger partial charge in [0.05, 0.1) is 34.6 Å². The van der Waals surface area contributed by atoms with Crippen LogP contribution in [-0.2, 0) is 4.74 Å². The van der Waals surface area contributed by atoms with Gasteiger partial charge in [-0.25, -0.2) is 4.79 Å². The predicted octanol–water partition coefficient (Wildman–Crippen LogP) is 3.61. The summed E-state index contributed by atoms with van der Waals surface area (Å²) in [6, 6.07) is 10.4. The van der Waals surface area contributed by atoms with E-state index < -0.39 is 11.9 Å². The minimum Gasteiger partial charge on any atom is -0.465 e. The van der Waals surface area contributed by atoms with Crippen LogP contribution in [0.1, 0.15) is 20.7 Å². The molecule has 1 aliphatic rings. The van der Waals surface area contributed by atoms with E-state index in [-0.39, 0.29) is 5.11 Å². The van der Waals surface area contributed by atoms with Crippen LogP contribution in [0.3, 0.4) is 0 Å². The van der Waals surface area contributed by atoms with Crippen molar-refractivity contribution >= 4 is 74.8 Å². The van der Waals surface area contributed by atoms with Crippen LogP contribution in [0.25, 0.3) is 0 Å². The average molecular weight is 573 g/mol. The normalized spacial score (nSPS) is 14.1. The van der Waals surface area contributed by atoms with Crippen molar-refractivity contribution in [2.45, 2.75) is 0 Å². The molecule has 0 atom stereocenters. The van der Waals surface area contributed by atoms with Crippen LogP contribution in [-0.4, -0.2) is 62.2 Å². The van der Waals surface area contributed by atoms with Crippen LogP contribution in [0, 0.1) is 3.57 Å². The molecule has 1 heterocycles. The van der Waals surface area contributed by atoms with Crippen molar-refractivity contribution in [2.24, 2.45) is 0 Å². The molecular weight excluding hydrogens is 551 g/mol. The van der Waals surface area contributed by atoms with Crippen molar-refractivity contribution in [1.29, 1.82) is 0 Å². The first-order chi connectivity index (χ1) is 14.8. The molecular formula is C21H22ClIN4O3S. The number of carbonyl (C=O) groups excluding carboxylic acids is 2. The summed E-state index contributed by atoms with van der Waals surface area (Å²) < 4.78 is 5.72. The monoisotopic (exact) mass is 572 g/mol. The topological polar surface area (TPSA) is 73.9 Å². The second-order valence-corrected chi connectivity index (χ2v) is 9.11. The van der Waals surface area contributed by atoms with Gasteiger partial charge in [-0.05, 0) is 78.3 Å². The molecule has 0 radical (unpaired) electrons. The number of hydrogen-bond acceptors (Lipinski definition) is 6. The number of carbonyl (C=O) groups is 2. The first kappa shape index (κ1) is 23.7. The number of halogens is 2. The Hall–Kier alpha value is -1.95. The van der Waals surface area contributed by atoms with Gasteiger partial charge in [0.25, 0.3) is 5.91 Å². The summed E-state index contributed by atoms with van der Waals surface area (Å²) in [5.41, 5.74) is 2.23. The first-order valence-corrected chi connectivity index (χ1v) is 11.4. The third-order valence-corrected chi connectivity index (χ3v) is 6.11. The van der Waals surface area contributed by atoms with Crippen molar-refractivity contribution in [3.63, 3.8) is 0 Å². The summed E-state index contributed by atoms with van der Waals surface area (Å²) in [5.74, 6) is -0.861. The van der Waals surface area contributed by atoms with Crippen molar-refractivity contribution in [2.75, 3.05) is 50.6 Å². The number of thiocarbonyl (C=S) groups is 1. The van der Waals surface area contributed by atoms with Gasteiger partial charge in [0.1, 0.15) is 0 Å². The van der Waals surface area contributed by atoms with Crippen molar-refractivity contribution in [3.05, 3.63) is 56.1 Å². The van der Waals surface area contributed by atoms with E-state index in [2.05, 4.69) is 50.1 Å². The number of amides is 1. The Balaban J connectivity index is 1.82. The van der Waals surface area contributed by atoms with Gasteiger partial charge in [-0.3, -0.25) is 10.1 Å². The number of hydrogen-bond donors (Lipinski definition) is 2. The summed E-state index contributed by atoms with van der Waals surface area (Å²) in [4.78, 5) is 29.1. The minimum absolute atomic E-state index is 0.109. The molecule has 0 saturated carbocycles. The van der Waals surface area contributed by atoms with Crippen LogP contribution in [0.15, 0.2) is 36.4 Å². The molecule has 2 N–H and O–H groups in total. The van der Waals surface area contributed by atoms with Crippen LogP contribution in [0.4, 0.5) is 11.4 Å². The number of nitrogens with one attached hydrogen (secondary N) is 2. The lowest BCUT2D eigenvalue weighted by molar-refractivity contribution is 0.0600. The standard InChI is InChI=1S/C21H22ClIN4O3S/c1-26-7-9-27(10-8-26)18-6-3-13(20(29)30-2)11-17(18)24-21(31)25-19(28)15-12-14(23)4-5-16(15)22/h3-6,11-12H,7-10H2,1-2H3,(H2,24,25,28,31). The van der Waals surface area contributed by atoms with Crippen LogP contribution in [0.2, 0.25) is 5.02 Å². The van der Waals surface area contributed by atoms with Crippen LogP contribution in [0.5, 0.6) is 0 Å². The van der Waals surface area contributed by atoms with E-state index >= 15 is 0 Å². The summed E-state index contributed by atoms with van der Waals surface area (Å²) >= 11 is 13.6. The van der Waals surface area contributed by atoms with E-state index in [1.807, 2.05) is 12.1 Å². The quantitative estimate of drug-likeness (QED) is 0.330. The number of anilines is 2. The average Bonchev–Trinajstić information content (AvgIpc) is 2.75. The molecule has 7 nitrogen and oxygen atoms in total. The number of piperazine rings is 1. The molecule has 3 rings (SSSR count). The van der Waals surface area contributed by atoms with Gasteiger partial charge in [0, 0.05) is 29.7 Å². The number of ether oxygens (including phenoxy) is 1. The van der Waals surface area contributed by atoms with Crippen LogP contribution < -0.4 is 15.5 Å². The highest BCUT2D eigenvalue weighted by molar-refractivity contribution is 14.1. The molecule has 10 heteroatoms. The van der Waals surface area contributed by atoms with Gasteiger partial charge in [-0.15, -0.1) is 0 Å². The molecule has 0 spiro atoms. The number of esters is 1. The van der Waals surface area contributed by atoms with E-state index in [0.717, 1.165) is 35.4 Å². The summed E-state index contributed by atoms with van der Waals surface area (Å²) in [7, 11) is 3.41. The highest BCUT2D eigenvalue weighted by atomic mass is 127. The molecule has 0 aromatic heterocycles. The van der Waals surface area contributed by atoms with E-state index in [9.17, 15) is 9.59 Å². The number of rotatable bonds is 4. The lowest BCUT2D eigenvalue weighted by Gasteiger charge is -2.35. The molecule has 164 valence electrons. The fraction of sp³-hybridized carbons (Fsp3) is 0.286. The largest absolute Gasteiger partial charge is 0.465 e. The number of methoxy groups -OCH3 is 1. The Labute approximate surface area is 205 Å². The van der Waals surface area contributed by atoms with Gasteiger partial charge in [0.15, 0.2) is 5.11 Å². The second-order valence-electron chi connectivity index (χ2n) is 7.05. The van der Waals surface area contributed by atoms with Gasteiger partial charge >= 0.3 is 5.97 Å². The minimum atomic E-state index is -0.450. The molecule has 1 fully saturated rings. The zero-order chi connectivity index (χ0) is 22.5. The van der Waals surface area contributed by atoms with Gasteiger partial charge < -0.3 is 19.9 Å². The highest BCUT2D eigenvalue weighted by Gasteiger charge is 2.20. The van der Waals surface area contributed by atoms with E-state index in [0.29, 0.717) is 21.8 Å². The Morgan fingerprint density at radius 3 is 2.52 bits per heavy atom. The van der Waals surface area contributed by atoms with Gasteiger partial charge in [-0.1, -0.05) is 11.6 Å². The third kappa shape index (κ3) is 6.06. The smallest absolute Gasteiger partial charge is 0.337 e. The molecule has 0 aliphatic carbocycles. The fourth-order valence-electron chi connectivity index (χ4n) is 3.20. The number of benzene rings is 2. The predicted molar refractivity (Wildman–Crippen MR) is 135 cm³/mol. The molecule has 2 aromatic carbocycles. The SMILES string of the molecule is COC(=O)c1ccc(N2CCN(C)CC2)c(NC(=S)NC(=O)c2cc(I)ccc2Cl)c1. The zero-order valence-electron chi connectivity index (χ0n) is 17.1. The Morgan fingerprint density at radius 2 is 1.84 bits per heavy atom. The molecule has 2 aromatic rings. The van der Waals surface area contributed by atoms with Gasteiger partial charge in [-0.2, -0.15) is 0 Å². The van der Waals surface area contributed by atoms with Crippen molar-refractivity contribution in [3.8, 4) is 0 Å². The molecule has 1 aliphatic heterocycles. The molecule has 0 unspecified atom stereocenters. The first-order valence-electron chi connectivity index (χ1n) is 9.51.